The minimum atomic E-state index is -0.985. The van der Waals surface area contributed by atoms with Crippen LogP contribution in [0.2, 0.25) is 0 Å². The van der Waals surface area contributed by atoms with E-state index in [-0.39, 0.29) is 5.41 Å². The van der Waals surface area contributed by atoms with Gasteiger partial charge in [0.25, 0.3) is 0 Å². The summed E-state index contributed by atoms with van der Waals surface area (Å²) in [7, 11) is 0. The van der Waals surface area contributed by atoms with Crippen LogP contribution < -0.4 is 5.73 Å². The molecule has 2 heterocycles. The zero-order valence-corrected chi connectivity index (χ0v) is 11.0. The summed E-state index contributed by atoms with van der Waals surface area (Å²) < 4.78 is 11.4. The number of amidine groups is 1. The molecule has 0 aliphatic carbocycles. The van der Waals surface area contributed by atoms with Crippen LogP contribution >= 0.6 is 0 Å². The van der Waals surface area contributed by atoms with Crippen LogP contribution in [0.4, 0.5) is 0 Å². The van der Waals surface area contributed by atoms with Gasteiger partial charge in [-0.2, -0.15) is 0 Å². The molecule has 2 N–H and O–H groups in total. The first-order valence-electron chi connectivity index (χ1n) is 6.22. The monoisotopic (exact) mass is 246 g/mol. The maximum atomic E-state index is 6.09. The lowest BCUT2D eigenvalue weighted by molar-refractivity contribution is -0.155. The smallest absolute Gasteiger partial charge is 0.300 e. The molecular formula is C14H18N2O2. The Kier molecular flexibility index (Phi) is 2.31. The summed E-state index contributed by atoms with van der Waals surface area (Å²) in [6, 6.07) is 6.09. The van der Waals surface area contributed by atoms with E-state index in [9.17, 15) is 0 Å². The molecule has 1 fully saturated rings. The van der Waals surface area contributed by atoms with Crippen molar-refractivity contribution in [3.05, 3.63) is 34.9 Å². The average Bonchev–Trinajstić information content (AvgIpc) is 2.86. The van der Waals surface area contributed by atoms with E-state index in [1.165, 1.54) is 5.56 Å². The Morgan fingerprint density at radius 1 is 1.22 bits per heavy atom. The van der Waals surface area contributed by atoms with Crippen LogP contribution in [-0.4, -0.2) is 19.0 Å². The average molecular weight is 246 g/mol. The number of hydrogen-bond acceptors (Lipinski definition) is 4. The van der Waals surface area contributed by atoms with Crippen LogP contribution in [0.5, 0.6) is 0 Å². The van der Waals surface area contributed by atoms with Crippen LogP contribution in [0.1, 0.15) is 37.5 Å². The first-order valence-corrected chi connectivity index (χ1v) is 6.22. The van der Waals surface area contributed by atoms with Crippen molar-refractivity contribution in [3.63, 3.8) is 0 Å². The highest BCUT2D eigenvalue weighted by Gasteiger charge is 2.46. The van der Waals surface area contributed by atoms with Crippen molar-refractivity contribution in [1.29, 1.82) is 0 Å². The molecule has 0 unspecified atom stereocenters. The Morgan fingerprint density at radius 3 is 2.50 bits per heavy atom. The third-order valence-corrected chi connectivity index (χ3v) is 3.42. The van der Waals surface area contributed by atoms with E-state index in [4.69, 9.17) is 15.2 Å². The van der Waals surface area contributed by atoms with E-state index in [1.54, 1.807) is 0 Å². The second kappa shape index (κ2) is 3.56. The van der Waals surface area contributed by atoms with E-state index >= 15 is 0 Å². The molecular weight excluding hydrogens is 228 g/mol. The number of nitrogens with zero attached hydrogens (tertiary/aromatic N) is 1. The lowest BCUT2D eigenvalue weighted by atomic mass is 9.82. The number of nitrogens with two attached hydrogens (primary N) is 1. The van der Waals surface area contributed by atoms with Gasteiger partial charge in [-0.15, -0.1) is 0 Å². The van der Waals surface area contributed by atoms with Crippen LogP contribution in [0, 0.1) is 0 Å². The number of ether oxygens (including phenoxy) is 2. The summed E-state index contributed by atoms with van der Waals surface area (Å²) in [5, 5.41) is 0. The molecule has 0 atom stereocenters. The lowest BCUT2D eigenvalue weighted by Gasteiger charge is -2.24. The van der Waals surface area contributed by atoms with Crippen molar-refractivity contribution >= 4 is 5.84 Å². The Morgan fingerprint density at radius 2 is 1.89 bits per heavy atom. The van der Waals surface area contributed by atoms with Gasteiger partial charge in [0, 0.05) is 11.1 Å². The Hall–Kier alpha value is -1.39. The van der Waals surface area contributed by atoms with E-state index in [0.717, 1.165) is 11.1 Å². The van der Waals surface area contributed by atoms with Crippen molar-refractivity contribution in [2.24, 2.45) is 10.7 Å². The number of hydrogen-bond donors (Lipinski definition) is 1. The summed E-state index contributed by atoms with van der Waals surface area (Å²) in [4.78, 5) is 4.41. The first-order chi connectivity index (χ1) is 8.44. The number of rotatable bonds is 0. The number of aliphatic imine (C=N–C) groups is 1. The van der Waals surface area contributed by atoms with Gasteiger partial charge in [0.15, 0.2) is 0 Å². The van der Waals surface area contributed by atoms with E-state index in [0.29, 0.717) is 19.0 Å². The van der Waals surface area contributed by atoms with Gasteiger partial charge >= 0.3 is 5.91 Å². The number of benzene rings is 1. The van der Waals surface area contributed by atoms with Crippen molar-refractivity contribution < 1.29 is 9.47 Å². The van der Waals surface area contributed by atoms with Gasteiger partial charge in [0.2, 0.25) is 0 Å². The molecule has 4 nitrogen and oxygen atoms in total. The zero-order valence-electron chi connectivity index (χ0n) is 11.0. The van der Waals surface area contributed by atoms with Crippen molar-refractivity contribution in [3.8, 4) is 0 Å². The number of fused-ring (bicyclic) bond motifs is 2. The third kappa shape index (κ3) is 1.49. The SMILES string of the molecule is CC(C)(C)c1cccc2c1C(N)=NC21OCCO1. The highest BCUT2D eigenvalue weighted by molar-refractivity contribution is 6.03. The molecule has 96 valence electrons. The molecule has 1 spiro atoms. The van der Waals surface area contributed by atoms with Gasteiger partial charge in [-0.3, -0.25) is 0 Å². The largest absolute Gasteiger partial charge is 0.383 e. The van der Waals surface area contributed by atoms with Crippen LogP contribution in [0.25, 0.3) is 0 Å². The van der Waals surface area contributed by atoms with Gasteiger partial charge in [-0.05, 0) is 11.0 Å². The maximum absolute atomic E-state index is 6.09. The standard InChI is InChI=1S/C14H18N2O2/c1-13(2,3)9-5-4-6-10-11(9)12(15)16-14(10)17-7-8-18-14/h4-6H,7-8H2,1-3H3,(H2,15,16). The second-order valence-electron chi connectivity index (χ2n) is 5.75. The fourth-order valence-electron chi connectivity index (χ4n) is 2.61. The highest BCUT2D eigenvalue weighted by Crippen LogP contribution is 2.42. The third-order valence-electron chi connectivity index (χ3n) is 3.42. The van der Waals surface area contributed by atoms with Gasteiger partial charge < -0.3 is 15.2 Å². The molecule has 1 aromatic rings. The molecule has 0 bridgehead atoms. The summed E-state index contributed by atoms with van der Waals surface area (Å²) in [5.74, 6) is -0.474. The van der Waals surface area contributed by atoms with Crippen LogP contribution in [0.15, 0.2) is 23.2 Å². The van der Waals surface area contributed by atoms with Crippen LogP contribution in [0.3, 0.4) is 0 Å². The Labute approximate surface area is 107 Å². The molecule has 4 heteroatoms. The minimum absolute atomic E-state index is 0.00954. The van der Waals surface area contributed by atoms with Gasteiger partial charge in [-0.1, -0.05) is 39.0 Å². The Balaban J connectivity index is 2.23. The molecule has 2 aliphatic heterocycles. The van der Waals surface area contributed by atoms with E-state index in [2.05, 4.69) is 31.8 Å². The zero-order chi connectivity index (χ0) is 13.0. The molecule has 0 saturated carbocycles. The molecule has 0 aromatic heterocycles. The van der Waals surface area contributed by atoms with Crippen LogP contribution in [-0.2, 0) is 20.8 Å². The topological polar surface area (TPSA) is 56.8 Å². The van der Waals surface area contributed by atoms with E-state index < -0.39 is 5.91 Å². The van der Waals surface area contributed by atoms with Crippen molar-refractivity contribution in [1.82, 2.24) is 0 Å². The quantitative estimate of drug-likeness (QED) is 0.760. The molecule has 0 amide bonds. The summed E-state index contributed by atoms with van der Waals surface area (Å²) in [5.41, 5.74) is 9.19. The lowest BCUT2D eigenvalue weighted by Crippen LogP contribution is -2.23. The van der Waals surface area contributed by atoms with Crippen molar-refractivity contribution in [2.75, 3.05) is 13.2 Å². The normalized spacial score (nSPS) is 21.2. The molecule has 18 heavy (non-hydrogen) atoms. The fourth-order valence-corrected chi connectivity index (χ4v) is 2.61. The predicted octanol–water partition coefficient (Wildman–Crippen LogP) is 1.86. The van der Waals surface area contributed by atoms with Gasteiger partial charge in [0.1, 0.15) is 5.84 Å². The molecule has 3 rings (SSSR count). The minimum Gasteiger partial charge on any atom is -0.383 e. The molecule has 2 aliphatic rings. The van der Waals surface area contributed by atoms with Crippen molar-refractivity contribution in [2.45, 2.75) is 32.1 Å². The summed E-state index contributed by atoms with van der Waals surface area (Å²) in [6.45, 7) is 7.59. The maximum Gasteiger partial charge on any atom is 0.300 e. The first kappa shape index (κ1) is 11.7. The second-order valence-corrected chi connectivity index (χ2v) is 5.75. The molecule has 1 aromatic carbocycles. The highest BCUT2D eigenvalue weighted by atomic mass is 16.8. The predicted molar refractivity (Wildman–Crippen MR) is 69.4 cm³/mol. The molecule has 1 saturated heterocycles. The molecule has 0 radical (unpaired) electrons. The fraction of sp³-hybridized carbons (Fsp3) is 0.500. The Bertz CT molecular complexity index is 523. The summed E-state index contributed by atoms with van der Waals surface area (Å²) >= 11 is 0. The van der Waals surface area contributed by atoms with E-state index in [1.807, 2.05) is 12.1 Å². The van der Waals surface area contributed by atoms with Gasteiger partial charge in [0.05, 0.1) is 13.2 Å². The summed E-state index contributed by atoms with van der Waals surface area (Å²) in [6.07, 6.45) is 0. The van der Waals surface area contributed by atoms with Gasteiger partial charge in [-0.25, -0.2) is 4.99 Å².